The van der Waals surface area contributed by atoms with Crippen molar-refractivity contribution < 1.29 is 63.6 Å². The number of aromatic nitrogens is 1. The van der Waals surface area contributed by atoms with E-state index in [9.17, 15) is 39.9 Å². The average molecular weight is 809 g/mol. The molecular weight excluding hydrogens is 740 g/mol. The van der Waals surface area contributed by atoms with Crippen molar-refractivity contribution in [1.29, 1.82) is 0 Å². The van der Waals surface area contributed by atoms with E-state index in [1.165, 1.54) is 33.2 Å². The number of hydrogen-bond acceptors (Lipinski definition) is 14. The first-order valence-electron chi connectivity index (χ1n) is 20.4. The summed E-state index contributed by atoms with van der Waals surface area (Å²) in [7, 11) is 0. The van der Waals surface area contributed by atoms with E-state index in [2.05, 4.69) is 10.3 Å². The van der Waals surface area contributed by atoms with Gasteiger partial charge < -0.3 is 54.5 Å². The fourth-order valence-electron chi connectivity index (χ4n) is 8.97. The molecule has 1 amide bonds. The molecule has 3 aliphatic heterocycles. The highest BCUT2D eigenvalue weighted by Gasteiger charge is 2.53. The van der Waals surface area contributed by atoms with Gasteiger partial charge in [-0.05, 0) is 70.9 Å². The zero-order chi connectivity index (χ0) is 42.8. The highest BCUT2D eigenvalue weighted by molar-refractivity contribution is 5.93. The van der Waals surface area contributed by atoms with Gasteiger partial charge in [0.25, 0.3) is 5.91 Å². The molecule has 0 spiro atoms. The van der Waals surface area contributed by atoms with E-state index in [1.54, 1.807) is 39.8 Å². The van der Waals surface area contributed by atoms with Gasteiger partial charge >= 0.3 is 5.97 Å². The molecule has 6 N–H and O–H groups in total. The molecule has 0 aliphatic carbocycles. The van der Waals surface area contributed by atoms with Gasteiger partial charge in [-0.1, -0.05) is 41.5 Å². The molecule has 0 bridgehead atoms. The zero-order valence-corrected chi connectivity index (χ0v) is 35.5. The van der Waals surface area contributed by atoms with Crippen molar-refractivity contribution >= 4 is 17.7 Å². The summed E-state index contributed by atoms with van der Waals surface area (Å²) < 4.78 is 31.5. The third kappa shape index (κ3) is 11.0. The van der Waals surface area contributed by atoms with Crippen LogP contribution in [-0.2, 0) is 33.3 Å². The molecule has 4 rings (SSSR count). The van der Waals surface area contributed by atoms with Gasteiger partial charge in [0.1, 0.15) is 23.6 Å². The fraction of sp³-hybridized carbons (Fsp3) is 0.810. The number of nitrogens with zero attached hydrogens (tertiary/aromatic N) is 1. The molecule has 15 nitrogen and oxygen atoms in total. The summed E-state index contributed by atoms with van der Waals surface area (Å²) in [5.74, 6) is -6.03. The number of carbonyl (C=O) groups is 3. The van der Waals surface area contributed by atoms with Gasteiger partial charge in [-0.3, -0.25) is 19.4 Å². The Bertz CT molecular complexity index is 1510. The number of hydrogen-bond donors (Lipinski definition) is 6. The maximum Gasteiger partial charge on any atom is 0.311 e. The first-order chi connectivity index (χ1) is 26.4. The van der Waals surface area contributed by atoms with Gasteiger partial charge in [0.2, 0.25) is 0 Å². The van der Waals surface area contributed by atoms with Crippen LogP contribution in [0.4, 0.5) is 0 Å². The summed E-state index contributed by atoms with van der Waals surface area (Å²) in [5.41, 5.74) is -4.35. The van der Waals surface area contributed by atoms with Crippen LogP contribution in [-0.4, -0.2) is 127 Å². The molecule has 7 unspecified atom stereocenters. The summed E-state index contributed by atoms with van der Waals surface area (Å²) in [5, 5.41) is 60.9. The number of amides is 1. The minimum absolute atomic E-state index is 0.0808. The van der Waals surface area contributed by atoms with Crippen molar-refractivity contribution in [3.63, 3.8) is 0 Å². The standard InChI is InChI=1S/C42H68N2O13/c1-21-17-23(3)53-39(32(21)46)57-36-25(5)33(56-30-19-40(8,9)35(48)27(7)54-30)26(6)38(50)55-29(14-16-44-37(49)28-13-12-15-43-20-28)42(11,52)34(47)24(4)31(45)22(2)18-41(36,10)51/h12-13,15,20-27,29-30,32-36,39,46-48,51-52H,14,16-19H2,1-11H3,(H,44,49)/t21?,22-,23?,24+,25+,26-,27?,29-,30?,32?,33+,34-,35?,36-,39?,41-,42-/m1/s1. The Morgan fingerprint density at radius 2 is 1.60 bits per heavy atom. The number of aliphatic hydroxyl groups excluding tert-OH is 3. The van der Waals surface area contributed by atoms with E-state index in [1.807, 2.05) is 27.7 Å². The van der Waals surface area contributed by atoms with Crippen molar-refractivity contribution in [1.82, 2.24) is 10.3 Å². The van der Waals surface area contributed by atoms with Gasteiger partial charge in [-0.25, -0.2) is 0 Å². The lowest BCUT2D eigenvalue weighted by molar-refractivity contribution is -0.312. The Morgan fingerprint density at radius 3 is 2.21 bits per heavy atom. The van der Waals surface area contributed by atoms with Crippen LogP contribution >= 0.6 is 0 Å². The molecular formula is C42H68N2O13. The first-order valence-corrected chi connectivity index (χ1v) is 20.4. The molecule has 0 saturated carbocycles. The van der Waals surface area contributed by atoms with Crippen LogP contribution in [0, 0.1) is 35.0 Å². The largest absolute Gasteiger partial charge is 0.459 e. The molecule has 15 heteroatoms. The number of ketones is 1. The number of nitrogens with one attached hydrogen (secondary N) is 1. The molecule has 17 atom stereocenters. The van der Waals surface area contributed by atoms with Crippen molar-refractivity contribution in [3.05, 3.63) is 30.1 Å². The van der Waals surface area contributed by atoms with Gasteiger partial charge in [0, 0.05) is 49.5 Å². The minimum atomic E-state index is -2.19. The topological polar surface area (TPSA) is 223 Å². The molecule has 324 valence electrons. The zero-order valence-electron chi connectivity index (χ0n) is 35.5. The van der Waals surface area contributed by atoms with Crippen LogP contribution in [0.1, 0.15) is 112 Å². The minimum Gasteiger partial charge on any atom is -0.459 e. The van der Waals surface area contributed by atoms with Gasteiger partial charge in [0.15, 0.2) is 12.6 Å². The van der Waals surface area contributed by atoms with Crippen LogP contribution < -0.4 is 5.32 Å². The Labute approximate surface area is 337 Å². The number of esters is 1. The monoisotopic (exact) mass is 808 g/mol. The number of aliphatic hydroxyl groups is 5. The van der Waals surface area contributed by atoms with E-state index in [0.717, 1.165) is 0 Å². The lowest BCUT2D eigenvalue weighted by Crippen LogP contribution is -2.59. The van der Waals surface area contributed by atoms with E-state index >= 15 is 0 Å². The smallest absolute Gasteiger partial charge is 0.311 e. The third-order valence-electron chi connectivity index (χ3n) is 12.6. The molecule has 3 fully saturated rings. The Kier molecular flexibility index (Phi) is 15.5. The molecule has 4 heterocycles. The lowest BCUT2D eigenvalue weighted by Gasteiger charge is -2.48. The molecule has 0 radical (unpaired) electrons. The second-order valence-corrected chi connectivity index (χ2v) is 18.3. The quantitative estimate of drug-likeness (QED) is 0.208. The Hall–Kier alpha value is -2.60. The van der Waals surface area contributed by atoms with Gasteiger partial charge in [-0.2, -0.15) is 0 Å². The summed E-state index contributed by atoms with van der Waals surface area (Å²) >= 11 is 0. The van der Waals surface area contributed by atoms with Crippen LogP contribution in [0.3, 0.4) is 0 Å². The molecule has 1 aromatic heterocycles. The number of cyclic esters (lactones) is 1. The normalized spacial score (nSPS) is 43.8. The fourth-order valence-corrected chi connectivity index (χ4v) is 8.97. The predicted octanol–water partition coefficient (Wildman–Crippen LogP) is 2.92. The van der Waals surface area contributed by atoms with E-state index in [-0.39, 0.29) is 37.8 Å². The highest BCUT2D eigenvalue weighted by Crippen LogP contribution is 2.42. The van der Waals surface area contributed by atoms with E-state index in [4.69, 9.17) is 23.7 Å². The van der Waals surface area contributed by atoms with Crippen molar-refractivity contribution in [3.8, 4) is 0 Å². The second kappa shape index (κ2) is 18.8. The molecule has 0 aromatic carbocycles. The Morgan fingerprint density at radius 1 is 0.930 bits per heavy atom. The van der Waals surface area contributed by atoms with Crippen molar-refractivity contribution in [2.24, 2.45) is 35.0 Å². The maximum absolute atomic E-state index is 14.4. The number of ether oxygens (including phenoxy) is 5. The summed E-state index contributed by atoms with van der Waals surface area (Å²) in [6.07, 6.45) is -6.93. The first kappa shape index (κ1) is 47.1. The highest BCUT2D eigenvalue weighted by atomic mass is 16.7. The molecule has 1 aromatic rings. The number of rotatable bonds is 8. The SMILES string of the molecule is CC1CC(C)C(O)C(O[C@@H]2[C@@H](C)[C@H](OC3CC(C)(C)C(O)C(C)O3)[C@@H](C)C(=O)O[C@H](CCNC(=O)c3cccnc3)[C@@](C)(O)[C@H](O)[C@@H](C)C(=O)[C@H](C)C[C@@]2(C)O)O1. The summed E-state index contributed by atoms with van der Waals surface area (Å²) in [6.45, 7) is 18.3. The number of Topliss-reactive ketones (excluding diaryl/α,β-unsaturated/α-hetero) is 1. The lowest BCUT2D eigenvalue weighted by atomic mass is 9.74. The van der Waals surface area contributed by atoms with Gasteiger partial charge in [0.05, 0.1) is 53.7 Å². The Balaban J connectivity index is 1.78. The van der Waals surface area contributed by atoms with E-state index in [0.29, 0.717) is 12.0 Å². The van der Waals surface area contributed by atoms with Crippen molar-refractivity contribution in [2.75, 3.05) is 6.54 Å². The van der Waals surface area contributed by atoms with E-state index < -0.39 is 113 Å². The molecule has 57 heavy (non-hydrogen) atoms. The molecule has 3 aliphatic rings. The predicted molar refractivity (Wildman–Crippen MR) is 207 cm³/mol. The summed E-state index contributed by atoms with van der Waals surface area (Å²) in [4.78, 5) is 45.3. The third-order valence-corrected chi connectivity index (χ3v) is 12.6. The van der Waals surface area contributed by atoms with Crippen LogP contribution in [0.5, 0.6) is 0 Å². The van der Waals surface area contributed by atoms with Crippen LogP contribution in [0.25, 0.3) is 0 Å². The number of pyridine rings is 1. The van der Waals surface area contributed by atoms with Crippen LogP contribution in [0.15, 0.2) is 24.5 Å². The van der Waals surface area contributed by atoms with Gasteiger partial charge in [-0.15, -0.1) is 0 Å². The maximum atomic E-state index is 14.4. The molecule has 3 saturated heterocycles. The average Bonchev–Trinajstić information content (AvgIpc) is 3.14. The second-order valence-electron chi connectivity index (χ2n) is 18.3. The van der Waals surface area contributed by atoms with Crippen molar-refractivity contribution in [2.45, 2.75) is 174 Å². The summed E-state index contributed by atoms with van der Waals surface area (Å²) in [6, 6.07) is 3.19. The number of carbonyl (C=O) groups excluding carboxylic acids is 3. The van der Waals surface area contributed by atoms with Crippen LogP contribution in [0.2, 0.25) is 0 Å².